The fourth-order valence-electron chi connectivity index (χ4n) is 4.89. The Kier molecular flexibility index (Phi) is 5.22. The summed E-state index contributed by atoms with van der Waals surface area (Å²) in [4.78, 5) is 13.3. The zero-order valence-corrected chi connectivity index (χ0v) is 20.3. The molecule has 0 saturated carbocycles. The molecule has 0 aliphatic heterocycles. The first-order valence-electron chi connectivity index (χ1n) is 11.8. The van der Waals surface area contributed by atoms with Crippen molar-refractivity contribution in [2.45, 2.75) is 13.8 Å². The molecule has 0 radical (unpaired) electrons. The average molecular weight is 477 g/mol. The first-order valence-corrected chi connectivity index (χ1v) is 11.8. The molecule has 6 rings (SSSR count). The number of aryl methyl sites for hydroxylation is 2. The van der Waals surface area contributed by atoms with Crippen LogP contribution in [0.2, 0.25) is 0 Å². The van der Waals surface area contributed by atoms with Gasteiger partial charge in [0.1, 0.15) is 11.6 Å². The Balaban J connectivity index is 1.64. The third-order valence-corrected chi connectivity index (χ3v) is 6.48. The van der Waals surface area contributed by atoms with Gasteiger partial charge in [0.05, 0.1) is 34.3 Å². The number of nitriles is 2. The average Bonchev–Trinajstić information content (AvgIpc) is 3.26. The van der Waals surface area contributed by atoms with Crippen LogP contribution in [-0.2, 0) is 0 Å². The summed E-state index contributed by atoms with van der Waals surface area (Å²) in [7, 11) is 0. The summed E-state index contributed by atoms with van der Waals surface area (Å²) in [6.07, 6.45) is 0. The van der Waals surface area contributed by atoms with Gasteiger partial charge in [-0.15, -0.1) is 0 Å². The molecule has 2 heterocycles. The molecule has 0 saturated heterocycles. The highest BCUT2D eigenvalue weighted by molar-refractivity contribution is 6.10. The molecule has 0 N–H and O–H groups in total. The number of rotatable bonds is 3. The number of fused-ring (bicyclic) bond motifs is 3. The van der Waals surface area contributed by atoms with Crippen LogP contribution in [0.3, 0.4) is 0 Å². The minimum absolute atomic E-state index is 0.484. The second-order valence-electron chi connectivity index (χ2n) is 8.87. The molecule has 6 nitrogen and oxygen atoms in total. The topological polar surface area (TPSA) is 91.2 Å². The molecule has 0 fully saturated rings. The van der Waals surface area contributed by atoms with Crippen LogP contribution < -0.4 is 0 Å². The van der Waals surface area contributed by atoms with E-state index in [1.165, 1.54) is 0 Å². The predicted octanol–water partition coefficient (Wildman–Crippen LogP) is 6.66. The molecule has 0 spiro atoms. The van der Waals surface area contributed by atoms with Crippen molar-refractivity contribution in [3.8, 4) is 40.3 Å². The molecule has 0 aliphatic rings. The largest absolute Gasteiger partial charge is 0.309 e. The molecular weight excluding hydrogens is 456 g/mol. The highest BCUT2D eigenvalue weighted by Gasteiger charge is 2.16. The molecule has 0 unspecified atom stereocenters. The van der Waals surface area contributed by atoms with Crippen LogP contribution in [0.1, 0.15) is 22.8 Å². The van der Waals surface area contributed by atoms with Crippen molar-refractivity contribution in [3.63, 3.8) is 0 Å². The first kappa shape index (κ1) is 22.2. The lowest BCUT2D eigenvalue weighted by Gasteiger charge is -2.12. The van der Waals surface area contributed by atoms with E-state index in [2.05, 4.69) is 62.0 Å². The molecule has 0 aliphatic carbocycles. The Hall–Kier alpha value is -5.33. The minimum atomic E-state index is 0.484. The van der Waals surface area contributed by atoms with E-state index in [0.717, 1.165) is 38.6 Å². The highest BCUT2D eigenvalue weighted by Crippen LogP contribution is 2.36. The summed E-state index contributed by atoms with van der Waals surface area (Å²) in [5.74, 6) is 1.70. The molecule has 6 aromatic rings. The van der Waals surface area contributed by atoms with Crippen LogP contribution in [0.15, 0.2) is 84.9 Å². The fraction of sp³-hybridized carbons (Fsp3) is 0.0645. The van der Waals surface area contributed by atoms with Crippen molar-refractivity contribution in [1.29, 1.82) is 10.5 Å². The molecular formula is C31H20N6. The zero-order valence-electron chi connectivity index (χ0n) is 20.3. The molecule has 6 heteroatoms. The van der Waals surface area contributed by atoms with Crippen LogP contribution in [0.5, 0.6) is 0 Å². The van der Waals surface area contributed by atoms with Gasteiger partial charge >= 0.3 is 0 Å². The first-order chi connectivity index (χ1) is 18.1. The van der Waals surface area contributed by atoms with Gasteiger partial charge in [0.2, 0.25) is 0 Å². The van der Waals surface area contributed by atoms with Crippen LogP contribution in [0.25, 0.3) is 50.0 Å². The smallest absolute Gasteiger partial charge is 0.164 e. The van der Waals surface area contributed by atoms with Gasteiger partial charge in [-0.3, -0.25) is 0 Å². The number of para-hydroxylation sites is 1. The standard InChI is InChI=1S/C31H20N6/c1-19-34-20(2)36-31(35-19)28-16-25(12-10-24(28)18-33)37-29-9-4-3-8-26(29)27-13-11-23(15-30(27)37)22-7-5-6-21(14-22)17-32/h3-16H,1-2H3. The summed E-state index contributed by atoms with van der Waals surface area (Å²) in [6.45, 7) is 3.65. The zero-order chi connectivity index (χ0) is 25.5. The van der Waals surface area contributed by atoms with E-state index in [1.807, 2.05) is 68.4 Å². The monoisotopic (exact) mass is 476 g/mol. The van der Waals surface area contributed by atoms with E-state index in [0.29, 0.717) is 34.2 Å². The van der Waals surface area contributed by atoms with Crippen LogP contribution in [-0.4, -0.2) is 19.5 Å². The van der Waals surface area contributed by atoms with E-state index in [1.54, 1.807) is 0 Å². The summed E-state index contributed by atoms with van der Waals surface area (Å²) in [5, 5.41) is 21.5. The predicted molar refractivity (Wildman–Crippen MR) is 144 cm³/mol. The van der Waals surface area contributed by atoms with Gasteiger partial charge in [-0.2, -0.15) is 10.5 Å². The van der Waals surface area contributed by atoms with E-state index in [4.69, 9.17) is 0 Å². The lowest BCUT2D eigenvalue weighted by atomic mass is 10.0. The third kappa shape index (κ3) is 3.78. The lowest BCUT2D eigenvalue weighted by Crippen LogP contribution is -2.02. The Bertz CT molecular complexity index is 1910. The second-order valence-corrected chi connectivity index (χ2v) is 8.87. The lowest BCUT2D eigenvalue weighted by molar-refractivity contribution is 0.927. The molecule has 37 heavy (non-hydrogen) atoms. The third-order valence-electron chi connectivity index (χ3n) is 6.48. The summed E-state index contributed by atoms with van der Waals surface area (Å²) >= 11 is 0. The Labute approximate surface area is 213 Å². The van der Waals surface area contributed by atoms with Crippen LogP contribution in [0.4, 0.5) is 0 Å². The number of nitrogens with zero attached hydrogens (tertiary/aromatic N) is 6. The molecule has 0 atom stereocenters. The van der Waals surface area contributed by atoms with E-state index >= 15 is 0 Å². The van der Waals surface area contributed by atoms with Crippen molar-refractivity contribution in [2.24, 2.45) is 0 Å². The maximum absolute atomic E-state index is 9.84. The molecule has 174 valence electrons. The Morgan fingerprint density at radius 1 is 0.649 bits per heavy atom. The van der Waals surface area contributed by atoms with Gasteiger partial charge in [-0.1, -0.05) is 42.5 Å². The molecule has 0 bridgehead atoms. The maximum atomic E-state index is 9.84. The van der Waals surface area contributed by atoms with Crippen molar-refractivity contribution in [1.82, 2.24) is 19.5 Å². The Morgan fingerprint density at radius 2 is 1.41 bits per heavy atom. The molecule has 4 aromatic carbocycles. The van der Waals surface area contributed by atoms with Crippen LogP contribution in [0, 0.1) is 36.5 Å². The number of hydrogen-bond donors (Lipinski definition) is 0. The van der Waals surface area contributed by atoms with Gasteiger partial charge in [0.25, 0.3) is 0 Å². The summed E-state index contributed by atoms with van der Waals surface area (Å²) < 4.78 is 2.20. The van der Waals surface area contributed by atoms with Crippen molar-refractivity contribution >= 4 is 21.8 Å². The molecule has 2 aromatic heterocycles. The maximum Gasteiger partial charge on any atom is 0.164 e. The quantitative estimate of drug-likeness (QED) is 0.285. The van der Waals surface area contributed by atoms with Gasteiger partial charge in [0, 0.05) is 22.0 Å². The van der Waals surface area contributed by atoms with E-state index in [-0.39, 0.29) is 0 Å². The molecule has 0 amide bonds. The minimum Gasteiger partial charge on any atom is -0.309 e. The number of hydrogen-bond acceptors (Lipinski definition) is 5. The normalized spacial score (nSPS) is 10.9. The van der Waals surface area contributed by atoms with Crippen molar-refractivity contribution in [3.05, 3.63) is 108 Å². The summed E-state index contributed by atoms with van der Waals surface area (Å²) in [6, 6.07) is 32.5. The van der Waals surface area contributed by atoms with Crippen molar-refractivity contribution in [2.75, 3.05) is 0 Å². The highest BCUT2D eigenvalue weighted by atomic mass is 15.0. The summed E-state index contributed by atoms with van der Waals surface area (Å²) in [5.41, 5.74) is 6.78. The van der Waals surface area contributed by atoms with Gasteiger partial charge in [-0.05, 0) is 67.4 Å². The van der Waals surface area contributed by atoms with E-state index < -0.39 is 0 Å². The van der Waals surface area contributed by atoms with Gasteiger partial charge < -0.3 is 4.57 Å². The fourth-order valence-corrected chi connectivity index (χ4v) is 4.89. The number of aromatic nitrogens is 4. The number of benzene rings is 4. The second kappa shape index (κ2) is 8.71. The van der Waals surface area contributed by atoms with E-state index in [9.17, 15) is 10.5 Å². The van der Waals surface area contributed by atoms with Crippen LogP contribution >= 0.6 is 0 Å². The van der Waals surface area contributed by atoms with Crippen molar-refractivity contribution < 1.29 is 0 Å². The van der Waals surface area contributed by atoms with Gasteiger partial charge in [-0.25, -0.2) is 15.0 Å². The Morgan fingerprint density at radius 3 is 2.19 bits per heavy atom. The SMILES string of the molecule is Cc1nc(C)nc(-c2cc(-n3c4ccccc4c4ccc(-c5cccc(C#N)c5)cc43)ccc2C#N)n1. The van der Waals surface area contributed by atoms with Gasteiger partial charge in [0.15, 0.2) is 5.82 Å².